The van der Waals surface area contributed by atoms with Gasteiger partial charge in [-0.1, -0.05) is 54.6 Å². The Morgan fingerprint density at radius 1 is 0.575 bits per heavy atom. The number of hydrazine groups is 3. The van der Waals surface area contributed by atoms with Gasteiger partial charge in [-0.3, -0.25) is 15.0 Å². The molecule has 5 aromatic rings. The number of quaternary nitrogens is 1. The van der Waals surface area contributed by atoms with E-state index in [9.17, 15) is 0 Å². The third-order valence-electron chi connectivity index (χ3n) is 8.57. The van der Waals surface area contributed by atoms with Crippen molar-refractivity contribution in [1.29, 1.82) is 0 Å². The Morgan fingerprint density at radius 2 is 1.25 bits per heavy atom. The summed E-state index contributed by atoms with van der Waals surface area (Å²) in [5.41, 5.74) is 11.2. The van der Waals surface area contributed by atoms with Gasteiger partial charge in [0.2, 0.25) is 0 Å². The second-order valence-electron chi connectivity index (χ2n) is 11.1. The summed E-state index contributed by atoms with van der Waals surface area (Å²) in [6, 6.07) is 35.9. The van der Waals surface area contributed by atoms with E-state index in [2.05, 4.69) is 128 Å². The third-order valence-corrected chi connectivity index (χ3v) is 8.57. The Balaban J connectivity index is 1.25. The summed E-state index contributed by atoms with van der Waals surface area (Å²) in [4.78, 5) is 0. The fraction of sp³-hybridized carbons (Fsp3) is 0.235. The molecule has 3 aliphatic heterocycles. The van der Waals surface area contributed by atoms with Crippen LogP contribution in [0, 0.1) is 0 Å². The number of nitrogens with zero attached hydrogens (tertiary/aromatic N) is 4. The zero-order chi connectivity index (χ0) is 26.5. The summed E-state index contributed by atoms with van der Waals surface area (Å²) in [6.45, 7) is 4.11. The van der Waals surface area contributed by atoms with Crippen LogP contribution in [0.1, 0.15) is 25.7 Å². The van der Waals surface area contributed by atoms with Crippen molar-refractivity contribution < 1.29 is 5.32 Å². The maximum Gasteiger partial charge on any atom is 0.155 e. The van der Waals surface area contributed by atoms with E-state index in [1.165, 1.54) is 69.2 Å². The summed E-state index contributed by atoms with van der Waals surface area (Å²) >= 11 is 0. The van der Waals surface area contributed by atoms with E-state index in [4.69, 9.17) is 0 Å². The lowest BCUT2D eigenvalue weighted by Crippen LogP contribution is -2.78. The topological polar surface area (TPSA) is 41.6 Å². The quantitative estimate of drug-likeness (QED) is 0.256. The molecule has 3 heterocycles. The Hall–Kier alpha value is -4.10. The van der Waals surface area contributed by atoms with Gasteiger partial charge in [-0.15, -0.1) is 5.12 Å². The highest BCUT2D eigenvalue weighted by Gasteiger charge is 2.37. The van der Waals surface area contributed by atoms with E-state index < -0.39 is 0 Å². The first-order chi connectivity index (χ1) is 19.8. The Bertz CT molecular complexity index is 1710. The average molecular weight is 528 g/mol. The number of hydrogen-bond acceptors (Lipinski definition) is 5. The lowest BCUT2D eigenvalue weighted by molar-refractivity contribution is -0.571. The Labute approximate surface area is 235 Å². The highest BCUT2D eigenvalue weighted by atomic mass is 15.9. The molecule has 0 radical (unpaired) electrons. The second-order valence-corrected chi connectivity index (χ2v) is 11.1. The van der Waals surface area contributed by atoms with Crippen molar-refractivity contribution in [1.82, 2.24) is 10.5 Å². The standard InChI is InChI=1S/C34H34N6/c1-2-11-26-21-32-31(20-25(26)10-1)35-16-5-6-17-36-39(32)29-14-9-15-30(24-29)40-34-23-28-13-4-3-12-27(28)22-33(34)37-18-7-8-19-38(37)40/h1-4,9-15,20-24,35-36H,5-8,16-19H2/p+1. The molecule has 0 aliphatic carbocycles. The van der Waals surface area contributed by atoms with Crippen LogP contribution in [0.2, 0.25) is 0 Å². The first-order valence-corrected chi connectivity index (χ1v) is 14.7. The molecule has 6 nitrogen and oxygen atoms in total. The van der Waals surface area contributed by atoms with Gasteiger partial charge in [0.25, 0.3) is 0 Å². The molecule has 200 valence electrons. The first-order valence-electron chi connectivity index (χ1n) is 14.7. The van der Waals surface area contributed by atoms with Gasteiger partial charge in [-0.2, -0.15) is 0 Å². The lowest BCUT2D eigenvalue weighted by Gasteiger charge is -2.39. The monoisotopic (exact) mass is 527 g/mol. The maximum absolute atomic E-state index is 3.79. The molecule has 0 unspecified atom stereocenters. The highest BCUT2D eigenvalue weighted by molar-refractivity contribution is 5.96. The molecule has 40 heavy (non-hydrogen) atoms. The van der Waals surface area contributed by atoms with Crippen molar-refractivity contribution in [3.63, 3.8) is 0 Å². The minimum Gasteiger partial charge on any atom is -0.312 e. The SMILES string of the molecule is c1cc(N2NCCCC[NH2+]c3cc4ccccc4cc32)cc(N2c3cc4ccccc4cc3N3CCCCN32)c1. The number of nitrogens with one attached hydrogen (secondary N) is 1. The van der Waals surface area contributed by atoms with Crippen molar-refractivity contribution >= 4 is 55.7 Å². The predicted octanol–water partition coefficient (Wildman–Crippen LogP) is 6.51. The van der Waals surface area contributed by atoms with E-state index in [1.54, 1.807) is 0 Å². The van der Waals surface area contributed by atoms with E-state index in [-0.39, 0.29) is 0 Å². The van der Waals surface area contributed by atoms with E-state index in [0.29, 0.717) is 0 Å². The number of benzene rings is 5. The maximum atomic E-state index is 3.79. The van der Waals surface area contributed by atoms with Crippen LogP contribution in [0.15, 0.2) is 97.1 Å². The third kappa shape index (κ3) is 3.99. The molecule has 0 saturated carbocycles. The van der Waals surface area contributed by atoms with Crippen LogP contribution in [-0.2, 0) is 0 Å². The summed E-state index contributed by atoms with van der Waals surface area (Å²) in [6.07, 6.45) is 4.76. The molecule has 3 aliphatic rings. The van der Waals surface area contributed by atoms with Gasteiger partial charge in [0, 0.05) is 25.7 Å². The molecule has 6 heteroatoms. The molecule has 8 rings (SSSR count). The van der Waals surface area contributed by atoms with Crippen molar-refractivity contribution in [2.45, 2.75) is 25.7 Å². The van der Waals surface area contributed by atoms with Gasteiger partial charge in [0.1, 0.15) is 5.69 Å². The number of nitrogens with two attached hydrogens (primary N) is 1. The molecular formula is C34H35N6+. The van der Waals surface area contributed by atoms with Gasteiger partial charge < -0.3 is 5.32 Å². The van der Waals surface area contributed by atoms with Gasteiger partial charge in [-0.05, 0) is 83.6 Å². The number of rotatable bonds is 2. The minimum absolute atomic E-state index is 0.947. The molecular weight excluding hydrogens is 492 g/mol. The number of fused-ring (bicyclic) bond motifs is 6. The van der Waals surface area contributed by atoms with Crippen molar-refractivity contribution in [2.75, 3.05) is 41.2 Å². The van der Waals surface area contributed by atoms with Gasteiger partial charge in [0.15, 0.2) is 5.69 Å². The fourth-order valence-corrected chi connectivity index (χ4v) is 6.59. The summed E-state index contributed by atoms with van der Waals surface area (Å²) < 4.78 is 0. The van der Waals surface area contributed by atoms with Crippen LogP contribution < -0.4 is 25.8 Å². The average Bonchev–Trinajstić information content (AvgIpc) is 3.36. The molecule has 5 aromatic carbocycles. The van der Waals surface area contributed by atoms with Crippen LogP contribution in [-0.4, -0.2) is 31.3 Å². The van der Waals surface area contributed by atoms with Gasteiger partial charge >= 0.3 is 0 Å². The molecule has 0 atom stereocenters. The normalized spacial score (nSPS) is 17.8. The van der Waals surface area contributed by atoms with E-state index in [0.717, 1.165) is 38.3 Å². The fourth-order valence-electron chi connectivity index (χ4n) is 6.59. The summed E-state index contributed by atoms with van der Waals surface area (Å²) in [7, 11) is 0. The molecule has 0 aromatic heterocycles. The molecule has 0 amide bonds. The second kappa shape index (κ2) is 9.82. The Kier molecular flexibility index (Phi) is 5.83. The lowest BCUT2D eigenvalue weighted by atomic mass is 10.1. The molecule has 0 bridgehead atoms. The minimum atomic E-state index is 0.947. The number of anilines is 5. The van der Waals surface area contributed by atoms with Crippen LogP contribution in [0.25, 0.3) is 21.5 Å². The highest BCUT2D eigenvalue weighted by Crippen LogP contribution is 2.47. The zero-order valence-corrected chi connectivity index (χ0v) is 22.8. The summed E-state index contributed by atoms with van der Waals surface area (Å²) in [5, 5.41) is 17.2. The molecule has 1 fully saturated rings. The Morgan fingerprint density at radius 3 is 2.05 bits per heavy atom. The van der Waals surface area contributed by atoms with Crippen LogP contribution >= 0.6 is 0 Å². The van der Waals surface area contributed by atoms with Crippen LogP contribution in [0.5, 0.6) is 0 Å². The smallest absolute Gasteiger partial charge is 0.155 e. The van der Waals surface area contributed by atoms with Gasteiger partial charge in [-0.25, -0.2) is 5.43 Å². The van der Waals surface area contributed by atoms with Crippen LogP contribution in [0.4, 0.5) is 34.1 Å². The zero-order valence-electron chi connectivity index (χ0n) is 22.8. The van der Waals surface area contributed by atoms with Crippen molar-refractivity contribution in [3.8, 4) is 0 Å². The van der Waals surface area contributed by atoms with E-state index >= 15 is 0 Å². The summed E-state index contributed by atoms with van der Waals surface area (Å²) in [5.74, 6) is 0. The predicted molar refractivity (Wildman–Crippen MR) is 166 cm³/mol. The molecule has 1 saturated heterocycles. The molecule has 3 N–H and O–H groups in total. The molecule has 0 spiro atoms. The van der Waals surface area contributed by atoms with Gasteiger partial charge in [0.05, 0.1) is 29.3 Å². The first kappa shape index (κ1) is 23.8. The van der Waals surface area contributed by atoms with Crippen molar-refractivity contribution in [2.24, 2.45) is 0 Å². The largest absolute Gasteiger partial charge is 0.312 e. The van der Waals surface area contributed by atoms with Crippen LogP contribution in [0.3, 0.4) is 0 Å². The number of hydrogen-bond donors (Lipinski definition) is 2. The van der Waals surface area contributed by atoms with Crippen molar-refractivity contribution in [3.05, 3.63) is 97.1 Å². The van der Waals surface area contributed by atoms with E-state index in [1.807, 2.05) is 0 Å².